The molecule has 6 nitrogen and oxygen atoms in total. The molecule has 1 fully saturated rings. The van der Waals surface area contributed by atoms with Crippen LogP contribution in [0.5, 0.6) is 0 Å². The minimum Gasteiger partial charge on any atom is -0.387 e. The zero-order valence-corrected chi connectivity index (χ0v) is 15.0. The molecule has 2 heterocycles. The van der Waals surface area contributed by atoms with Gasteiger partial charge in [-0.05, 0) is 12.0 Å². The average molecular weight is 344 g/mol. The smallest absolute Gasteiger partial charge is 0.226 e. The first-order valence-electron chi connectivity index (χ1n) is 9.23. The quantitative estimate of drug-likeness (QED) is 0.792. The second kappa shape index (κ2) is 9.08. The van der Waals surface area contributed by atoms with Gasteiger partial charge in [-0.3, -0.25) is 9.80 Å². The van der Waals surface area contributed by atoms with E-state index in [1.54, 1.807) is 0 Å². The fourth-order valence-electron chi connectivity index (χ4n) is 3.14. The molecule has 1 aromatic carbocycles. The van der Waals surface area contributed by atoms with Crippen LogP contribution in [-0.4, -0.2) is 57.8 Å². The highest BCUT2D eigenvalue weighted by atomic mass is 16.5. The maximum absolute atomic E-state index is 10.4. The zero-order chi connectivity index (χ0) is 17.5. The van der Waals surface area contributed by atoms with Crippen LogP contribution in [0, 0.1) is 0 Å². The molecule has 1 N–H and O–H groups in total. The molecule has 0 unspecified atom stereocenters. The molecule has 0 aliphatic carbocycles. The first-order chi connectivity index (χ1) is 12.2. The minimum atomic E-state index is -0.425. The van der Waals surface area contributed by atoms with E-state index in [4.69, 9.17) is 4.52 Å². The van der Waals surface area contributed by atoms with Crippen molar-refractivity contribution in [3.05, 3.63) is 47.6 Å². The fourth-order valence-corrected chi connectivity index (χ4v) is 3.14. The first kappa shape index (κ1) is 18.0. The van der Waals surface area contributed by atoms with Crippen molar-refractivity contribution in [3.8, 4) is 0 Å². The van der Waals surface area contributed by atoms with Crippen LogP contribution in [0.25, 0.3) is 0 Å². The SMILES string of the molecule is CCCCc1nc(CN2CCN(C[C@H](O)c3ccccc3)CC2)no1. The van der Waals surface area contributed by atoms with E-state index in [2.05, 4.69) is 26.9 Å². The van der Waals surface area contributed by atoms with E-state index in [1.807, 2.05) is 30.3 Å². The molecular weight excluding hydrogens is 316 g/mol. The molecule has 0 radical (unpaired) electrons. The van der Waals surface area contributed by atoms with Gasteiger partial charge in [0.25, 0.3) is 0 Å². The minimum absolute atomic E-state index is 0.425. The monoisotopic (exact) mass is 344 g/mol. The Morgan fingerprint density at radius 3 is 2.56 bits per heavy atom. The molecule has 0 spiro atoms. The summed E-state index contributed by atoms with van der Waals surface area (Å²) < 4.78 is 5.30. The summed E-state index contributed by atoms with van der Waals surface area (Å²) in [6.07, 6.45) is 2.67. The number of nitrogens with zero attached hydrogens (tertiary/aromatic N) is 4. The van der Waals surface area contributed by atoms with Crippen molar-refractivity contribution in [2.75, 3.05) is 32.7 Å². The highest BCUT2D eigenvalue weighted by Gasteiger charge is 2.21. The summed E-state index contributed by atoms with van der Waals surface area (Å²) in [4.78, 5) is 9.14. The molecule has 0 saturated carbocycles. The topological polar surface area (TPSA) is 65.6 Å². The van der Waals surface area contributed by atoms with Crippen LogP contribution in [-0.2, 0) is 13.0 Å². The number of aryl methyl sites for hydroxylation is 1. The van der Waals surface area contributed by atoms with Crippen molar-refractivity contribution in [1.82, 2.24) is 19.9 Å². The van der Waals surface area contributed by atoms with Gasteiger partial charge in [-0.1, -0.05) is 48.8 Å². The van der Waals surface area contributed by atoms with Gasteiger partial charge in [-0.15, -0.1) is 0 Å². The van der Waals surface area contributed by atoms with Crippen molar-refractivity contribution in [2.24, 2.45) is 0 Å². The maximum Gasteiger partial charge on any atom is 0.226 e. The van der Waals surface area contributed by atoms with Crippen molar-refractivity contribution in [3.63, 3.8) is 0 Å². The van der Waals surface area contributed by atoms with Gasteiger partial charge in [-0.25, -0.2) is 0 Å². The van der Waals surface area contributed by atoms with Crippen LogP contribution in [0.2, 0.25) is 0 Å². The standard InChI is InChI=1S/C19H28N4O2/c1-2-3-9-19-20-18(21-25-19)15-23-12-10-22(11-13-23)14-17(24)16-7-5-4-6-8-16/h4-8,17,24H,2-3,9-15H2,1H3/t17-/m0/s1. The van der Waals surface area contributed by atoms with Gasteiger partial charge < -0.3 is 9.63 Å². The second-order valence-corrected chi connectivity index (χ2v) is 6.71. The number of hydrogen-bond donors (Lipinski definition) is 1. The van der Waals surface area contributed by atoms with Gasteiger partial charge >= 0.3 is 0 Å². The largest absolute Gasteiger partial charge is 0.387 e. The Balaban J connectivity index is 1.42. The Morgan fingerprint density at radius 1 is 1.12 bits per heavy atom. The molecule has 0 bridgehead atoms. The van der Waals surface area contributed by atoms with E-state index in [9.17, 15) is 5.11 Å². The Labute approximate surface area is 149 Å². The summed E-state index contributed by atoms with van der Waals surface area (Å²) in [5, 5.41) is 14.4. The normalized spacial score (nSPS) is 17.7. The van der Waals surface area contributed by atoms with Gasteiger partial charge in [0.15, 0.2) is 5.82 Å². The lowest BCUT2D eigenvalue weighted by Crippen LogP contribution is -2.47. The summed E-state index contributed by atoms with van der Waals surface area (Å²) in [6, 6.07) is 9.87. The average Bonchev–Trinajstić information content (AvgIpc) is 3.09. The number of rotatable bonds is 8. The van der Waals surface area contributed by atoms with Crippen LogP contribution >= 0.6 is 0 Å². The Bertz CT molecular complexity index is 623. The summed E-state index contributed by atoms with van der Waals surface area (Å²) in [7, 11) is 0. The number of piperazine rings is 1. The summed E-state index contributed by atoms with van der Waals surface area (Å²) in [5.41, 5.74) is 0.983. The Hall–Kier alpha value is -1.76. The zero-order valence-electron chi connectivity index (χ0n) is 15.0. The van der Waals surface area contributed by atoms with Gasteiger partial charge in [0.1, 0.15) is 0 Å². The first-order valence-corrected chi connectivity index (χ1v) is 9.23. The van der Waals surface area contributed by atoms with Crippen LogP contribution < -0.4 is 0 Å². The Morgan fingerprint density at radius 2 is 1.84 bits per heavy atom. The number of unbranched alkanes of at least 4 members (excludes halogenated alkanes) is 1. The Kier molecular flexibility index (Phi) is 6.55. The molecule has 1 aromatic heterocycles. The molecule has 0 amide bonds. The van der Waals surface area contributed by atoms with Gasteiger partial charge in [-0.2, -0.15) is 4.98 Å². The van der Waals surface area contributed by atoms with Gasteiger partial charge in [0.05, 0.1) is 12.6 Å². The van der Waals surface area contributed by atoms with Crippen molar-refractivity contribution >= 4 is 0 Å². The van der Waals surface area contributed by atoms with Crippen LogP contribution in [0.4, 0.5) is 0 Å². The lowest BCUT2D eigenvalue weighted by Gasteiger charge is -2.35. The number of hydrogen-bond acceptors (Lipinski definition) is 6. The molecule has 1 aliphatic heterocycles. The number of aliphatic hydroxyl groups excluding tert-OH is 1. The number of aliphatic hydroxyl groups is 1. The number of benzene rings is 1. The lowest BCUT2D eigenvalue weighted by atomic mass is 10.1. The number of β-amino-alcohol motifs (C(OH)–C–C–N with tert-alkyl or cyclic N) is 1. The highest BCUT2D eigenvalue weighted by Crippen LogP contribution is 2.15. The molecule has 25 heavy (non-hydrogen) atoms. The van der Waals surface area contributed by atoms with Gasteiger partial charge in [0.2, 0.25) is 5.89 Å². The highest BCUT2D eigenvalue weighted by molar-refractivity contribution is 5.17. The van der Waals surface area contributed by atoms with Crippen molar-refractivity contribution in [1.29, 1.82) is 0 Å². The van der Waals surface area contributed by atoms with E-state index >= 15 is 0 Å². The summed E-state index contributed by atoms with van der Waals surface area (Å²) in [5.74, 6) is 1.53. The van der Waals surface area contributed by atoms with Crippen molar-refractivity contribution in [2.45, 2.75) is 38.8 Å². The number of aromatic nitrogens is 2. The van der Waals surface area contributed by atoms with Crippen LogP contribution in [0.3, 0.4) is 0 Å². The third-order valence-corrected chi connectivity index (χ3v) is 4.70. The van der Waals surface area contributed by atoms with Crippen LogP contribution in [0.1, 0.15) is 43.1 Å². The van der Waals surface area contributed by atoms with Crippen LogP contribution in [0.15, 0.2) is 34.9 Å². The third-order valence-electron chi connectivity index (χ3n) is 4.70. The van der Waals surface area contributed by atoms with E-state index < -0.39 is 6.10 Å². The summed E-state index contributed by atoms with van der Waals surface area (Å²) in [6.45, 7) is 7.40. The predicted molar refractivity (Wildman–Crippen MR) is 96.0 cm³/mol. The molecule has 1 atom stereocenters. The van der Waals surface area contributed by atoms with E-state index in [0.717, 1.165) is 69.3 Å². The summed E-state index contributed by atoms with van der Waals surface area (Å²) >= 11 is 0. The third kappa shape index (κ3) is 5.36. The molecule has 2 aromatic rings. The second-order valence-electron chi connectivity index (χ2n) is 6.71. The van der Waals surface area contributed by atoms with E-state index in [-0.39, 0.29) is 0 Å². The molecule has 1 aliphatic rings. The molecule has 1 saturated heterocycles. The van der Waals surface area contributed by atoms with E-state index in [0.29, 0.717) is 6.54 Å². The lowest BCUT2D eigenvalue weighted by molar-refractivity contribution is 0.0690. The maximum atomic E-state index is 10.4. The fraction of sp³-hybridized carbons (Fsp3) is 0.579. The molecular formula is C19H28N4O2. The molecule has 6 heteroatoms. The predicted octanol–water partition coefficient (Wildman–Crippen LogP) is 2.26. The van der Waals surface area contributed by atoms with Gasteiger partial charge in [0, 0.05) is 39.1 Å². The molecule has 3 rings (SSSR count). The van der Waals surface area contributed by atoms with E-state index in [1.165, 1.54) is 0 Å². The van der Waals surface area contributed by atoms with Crippen molar-refractivity contribution < 1.29 is 9.63 Å². The molecule has 136 valence electrons.